The molecule has 2 N–H and O–H groups in total. The lowest BCUT2D eigenvalue weighted by Crippen LogP contribution is -2.34. The second-order valence-electron chi connectivity index (χ2n) is 6.84. The fourth-order valence-electron chi connectivity index (χ4n) is 2.36. The van der Waals surface area contributed by atoms with E-state index in [2.05, 4.69) is 24.5 Å². The third-order valence-electron chi connectivity index (χ3n) is 3.85. The average molecular weight is 401 g/mol. The lowest BCUT2D eigenvalue weighted by atomic mass is 10.1. The minimum atomic E-state index is -0.288. The molecule has 0 aliphatic heterocycles. The van der Waals surface area contributed by atoms with Gasteiger partial charge in [0.05, 0.1) is 13.2 Å². The molecule has 2 aromatic carbocycles. The van der Waals surface area contributed by atoms with Crippen molar-refractivity contribution in [3.8, 4) is 11.5 Å². The highest BCUT2D eigenvalue weighted by molar-refractivity contribution is 7.80. The lowest BCUT2D eigenvalue weighted by molar-refractivity contribution is 0.0977. The first-order chi connectivity index (χ1) is 13.5. The molecule has 0 bridgehead atoms. The van der Waals surface area contributed by atoms with E-state index in [1.165, 1.54) is 0 Å². The van der Waals surface area contributed by atoms with Gasteiger partial charge in [-0.2, -0.15) is 0 Å². The smallest absolute Gasteiger partial charge is 0.257 e. The number of carbonyl (C=O) groups is 1. The van der Waals surface area contributed by atoms with Crippen LogP contribution >= 0.6 is 12.2 Å². The van der Waals surface area contributed by atoms with Crippen LogP contribution in [-0.2, 0) is 0 Å². The fourth-order valence-corrected chi connectivity index (χ4v) is 2.57. The summed E-state index contributed by atoms with van der Waals surface area (Å²) in [6, 6.07) is 14.5. The standard InChI is InChI=1S/C22H28N2O3S/c1-4-12-26-19-9-5-7-17(14-19)21(25)24-22(28)23-18-8-6-10-20(15-18)27-13-11-16(2)3/h5-10,14-16H,4,11-13H2,1-3H3,(H2,23,24,25,28). The van der Waals surface area contributed by atoms with E-state index in [0.29, 0.717) is 30.4 Å². The predicted octanol–water partition coefficient (Wildman–Crippen LogP) is 5.03. The van der Waals surface area contributed by atoms with Crippen LogP contribution in [0.3, 0.4) is 0 Å². The Bertz CT molecular complexity index is 793. The van der Waals surface area contributed by atoms with Crippen LogP contribution in [0.1, 0.15) is 44.0 Å². The van der Waals surface area contributed by atoms with Crippen molar-refractivity contribution in [1.82, 2.24) is 5.32 Å². The number of ether oxygens (including phenoxy) is 2. The van der Waals surface area contributed by atoms with Gasteiger partial charge in [-0.3, -0.25) is 10.1 Å². The van der Waals surface area contributed by atoms with E-state index in [-0.39, 0.29) is 11.0 Å². The van der Waals surface area contributed by atoms with Crippen LogP contribution in [0.2, 0.25) is 0 Å². The van der Waals surface area contributed by atoms with E-state index < -0.39 is 0 Å². The second kappa shape index (κ2) is 11.3. The van der Waals surface area contributed by atoms with E-state index >= 15 is 0 Å². The van der Waals surface area contributed by atoms with Gasteiger partial charge in [-0.05, 0) is 61.3 Å². The monoisotopic (exact) mass is 400 g/mol. The predicted molar refractivity (Wildman–Crippen MR) is 117 cm³/mol. The topological polar surface area (TPSA) is 59.6 Å². The zero-order chi connectivity index (χ0) is 20.4. The molecule has 1 amide bonds. The van der Waals surface area contributed by atoms with E-state index in [0.717, 1.165) is 24.3 Å². The number of carbonyl (C=O) groups excluding carboxylic acids is 1. The largest absolute Gasteiger partial charge is 0.494 e. The third kappa shape index (κ3) is 7.56. The summed E-state index contributed by atoms with van der Waals surface area (Å²) in [4.78, 5) is 12.4. The Morgan fingerprint density at radius 1 is 1.04 bits per heavy atom. The second-order valence-corrected chi connectivity index (χ2v) is 7.25. The van der Waals surface area contributed by atoms with Gasteiger partial charge in [0.25, 0.3) is 5.91 Å². The van der Waals surface area contributed by atoms with Gasteiger partial charge in [0.15, 0.2) is 5.11 Å². The summed E-state index contributed by atoms with van der Waals surface area (Å²) in [5, 5.41) is 5.94. The van der Waals surface area contributed by atoms with Gasteiger partial charge in [-0.25, -0.2) is 0 Å². The van der Waals surface area contributed by atoms with Gasteiger partial charge in [0.1, 0.15) is 11.5 Å². The molecule has 2 aromatic rings. The first-order valence-electron chi connectivity index (χ1n) is 9.56. The van der Waals surface area contributed by atoms with Gasteiger partial charge in [0, 0.05) is 17.3 Å². The van der Waals surface area contributed by atoms with Crippen molar-refractivity contribution in [2.24, 2.45) is 5.92 Å². The quantitative estimate of drug-likeness (QED) is 0.578. The summed E-state index contributed by atoms with van der Waals surface area (Å²) in [5.74, 6) is 1.74. The lowest BCUT2D eigenvalue weighted by Gasteiger charge is -2.12. The number of hydrogen-bond donors (Lipinski definition) is 2. The summed E-state index contributed by atoms with van der Waals surface area (Å²) >= 11 is 5.26. The van der Waals surface area contributed by atoms with Crippen LogP contribution in [0.5, 0.6) is 11.5 Å². The first kappa shape index (κ1) is 21.7. The van der Waals surface area contributed by atoms with Gasteiger partial charge < -0.3 is 14.8 Å². The highest BCUT2D eigenvalue weighted by atomic mass is 32.1. The third-order valence-corrected chi connectivity index (χ3v) is 4.06. The zero-order valence-corrected chi connectivity index (χ0v) is 17.5. The maximum atomic E-state index is 12.4. The van der Waals surface area contributed by atoms with Gasteiger partial charge in [-0.1, -0.05) is 32.9 Å². The van der Waals surface area contributed by atoms with Crippen LogP contribution < -0.4 is 20.1 Å². The van der Waals surface area contributed by atoms with Gasteiger partial charge in [-0.15, -0.1) is 0 Å². The normalized spacial score (nSPS) is 10.4. The molecule has 0 saturated carbocycles. The Kier molecular flexibility index (Phi) is 8.75. The zero-order valence-electron chi connectivity index (χ0n) is 16.7. The molecule has 0 unspecified atom stereocenters. The van der Waals surface area contributed by atoms with Crippen LogP contribution in [-0.4, -0.2) is 24.2 Å². The SMILES string of the molecule is CCCOc1cccc(C(=O)NC(=S)Nc2cccc(OCCC(C)C)c2)c1. The molecular formula is C22H28N2O3S. The van der Waals surface area contributed by atoms with E-state index in [4.69, 9.17) is 21.7 Å². The molecule has 0 aliphatic rings. The Morgan fingerprint density at radius 2 is 1.71 bits per heavy atom. The summed E-state index contributed by atoms with van der Waals surface area (Å²) < 4.78 is 11.3. The van der Waals surface area contributed by atoms with Crippen molar-refractivity contribution < 1.29 is 14.3 Å². The van der Waals surface area contributed by atoms with Crippen molar-refractivity contribution in [2.75, 3.05) is 18.5 Å². The van der Waals surface area contributed by atoms with Crippen molar-refractivity contribution in [1.29, 1.82) is 0 Å². The number of nitrogens with one attached hydrogen (secondary N) is 2. The molecule has 28 heavy (non-hydrogen) atoms. The molecule has 150 valence electrons. The fraction of sp³-hybridized carbons (Fsp3) is 0.364. The molecule has 0 radical (unpaired) electrons. The van der Waals surface area contributed by atoms with Crippen molar-refractivity contribution in [3.05, 3.63) is 54.1 Å². The molecule has 0 aliphatic carbocycles. The van der Waals surface area contributed by atoms with Crippen LogP contribution in [0.25, 0.3) is 0 Å². The molecule has 2 rings (SSSR count). The molecule has 0 heterocycles. The Hall–Kier alpha value is -2.60. The molecule has 5 nitrogen and oxygen atoms in total. The number of benzene rings is 2. The van der Waals surface area contributed by atoms with Crippen molar-refractivity contribution >= 4 is 28.9 Å². The number of anilines is 1. The molecule has 0 fully saturated rings. The molecule has 6 heteroatoms. The first-order valence-corrected chi connectivity index (χ1v) is 9.96. The van der Waals surface area contributed by atoms with Crippen molar-refractivity contribution in [3.63, 3.8) is 0 Å². The Balaban J connectivity index is 1.90. The number of amides is 1. The minimum Gasteiger partial charge on any atom is -0.494 e. The van der Waals surface area contributed by atoms with Gasteiger partial charge in [0.2, 0.25) is 0 Å². The average Bonchev–Trinajstić information content (AvgIpc) is 2.66. The van der Waals surface area contributed by atoms with Crippen LogP contribution in [0.15, 0.2) is 48.5 Å². The van der Waals surface area contributed by atoms with Crippen LogP contribution in [0.4, 0.5) is 5.69 Å². The summed E-state index contributed by atoms with van der Waals surface area (Å²) in [6.07, 6.45) is 1.90. The Labute approximate surface area is 172 Å². The summed E-state index contributed by atoms with van der Waals surface area (Å²) in [6.45, 7) is 7.63. The number of thiocarbonyl (C=S) groups is 1. The molecule has 0 atom stereocenters. The molecule has 0 spiro atoms. The van der Waals surface area contributed by atoms with E-state index in [9.17, 15) is 4.79 Å². The van der Waals surface area contributed by atoms with E-state index in [1.54, 1.807) is 18.2 Å². The minimum absolute atomic E-state index is 0.226. The highest BCUT2D eigenvalue weighted by Crippen LogP contribution is 2.18. The maximum absolute atomic E-state index is 12.4. The van der Waals surface area contributed by atoms with E-state index in [1.807, 2.05) is 37.3 Å². The van der Waals surface area contributed by atoms with Crippen molar-refractivity contribution in [2.45, 2.75) is 33.6 Å². The maximum Gasteiger partial charge on any atom is 0.257 e. The summed E-state index contributed by atoms with van der Waals surface area (Å²) in [7, 11) is 0. The Morgan fingerprint density at radius 3 is 2.43 bits per heavy atom. The number of hydrogen-bond acceptors (Lipinski definition) is 4. The molecular weight excluding hydrogens is 372 g/mol. The summed E-state index contributed by atoms with van der Waals surface area (Å²) in [5.41, 5.74) is 1.25. The number of rotatable bonds is 9. The van der Waals surface area contributed by atoms with Crippen LogP contribution in [0, 0.1) is 5.92 Å². The van der Waals surface area contributed by atoms with Gasteiger partial charge >= 0.3 is 0 Å². The molecule has 0 saturated heterocycles. The highest BCUT2D eigenvalue weighted by Gasteiger charge is 2.09. The molecule has 0 aromatic heterocycles.